The third-order valence-electron chi connectivity index (χ3n) is 12.9. The minimum absolute atomic E-state index is 0.375. The second kappa shape index (κ2) is 19.7. The summed E-state index contributed by atoms with van der Waals surface area (Å²) >= 11 is 0. The van der Waals surface area contributed by atoms with Gasteiger partial charge in [-0.1, -0.05) is 83.1 Å². The predicted molar refractivity (Wildman–Crippen MR) is 230 cm³/mol. The van der Waals surface area contributed by atoms with Gasteiger partial charge in [-0.05, 0) is 172 Å². The van der Waals surface area contributed by atoms with Crippen LogP contribution in [0.15, 0.2) is 0 Å². The van der Waals surface area contributed by atoms with Crippen molar-refractivity contribution < 1.29 is 0 Å². The first kappa shape index (κ1) is 49.7. The van der Waals surface area contributed by atoms with Crippen LogP contribution in [0.5, 0.6) is 0 Å². The van der Waals surface area contributed by atoms with Gasteiger partial charge in [0.25, 0.3) is 0 Å². The quantitative estimate of drug-likeness (QED) is 0.125. The zero-order chi connectivity index (χ0) is 40.5. The number of rotatable bonds is 8. The molecule has 8 heteroatoms. The highest BCUT2D eigenvalue weighted by Gasteiger charge is 2.42. The number of nitrogens with two attached hydrogens (primary N) is 8. The molecule has 0 aromatic carbocycles. The van der Waals surface area contributed by atoms with Crippen molar-refractivity contribution in [2.24, 2.45) is 89.2 Å². The van der Waals surface area contributed by atoms with Gasteiger partial charge in [0.2, 0.25) is 0 Å². The van der Waals surface area contributed by atoms with Crippen molar-refractivity contribution in [1.82, 2.24) is 0 Å². The van der Waals surface area contributed by atoms with Crippen LogP contribution in [0.25, 0.3) is 0 Å². The third-order valence-corrected chi connectivity index (χ3v) is 12.9. The minimum Gasteiger partial charge on any atom is -0.330 e. The lowest BCUT2D eigenvalue weighted by Crippen LogP contribution is -2.43. The van der Waals surface area contributed by atoms with Crippen LogP contribution in [0.1, 0.15) is 186 Å². The fourth-order valence-electron chi connectivity index (χ4n) is 13.0. The fourth-order valence-corrected chi connectivity index (χ4v) is 13.0. The Morgan fingerprint density at radius 1 is 0.308 bits per heavy atom. The second-order valence-electron chi connectivity index (χ2n) is 23.4. The summed E-state index contributed by atoms with van der Waals surface area (Å²) in [4.78, 5) is 0. The van der Waals surface area contributed by atoms with Crippen molar-refractivity contribution in [3.8, 4) is 0 Å². The van der Waals surface area contributed by atoms with E-state index in [0.717, 1.165) is 103 Å². The van der Waals surface area contributed by atoms with Crippen molar-refractivity contribution in [3.05, 3.63) is 0 Å². The highest BCUT2D eigenvalue weighted by atomic mass is 14.7. The molecule has 0 radical (unpaired) electrons. The molecular formula is C44H96N8. The molecule has 0 aliphatic heterocycles. The van der Waals surface area contributed by atoms with E-state index in [1.54, 1.807) is 0 Å². The van der Waals surface area contributed by atoms with Crippen molar-refractivity contribution in [3.63, 3.8) is 0 Å². The Kier molecular flexibility index (Phi) is 18.8. The molecule has 4 aliphatic rings. The summed E-state index contributed by atoms with van der Waals surface area (Å²) in [6.45, 7) is 31.1. The Hall–Kier alpha value is -0.320. The molecule has 0 aromatic rings. The molecule has 0 heterocycles. The van der Waals surface area contributed by atoms with E-state index >= 15 is 0 Å². The first-order valence-electron chi connectivity index (χ1n) is 21.3. The number of hydrogen-bond donors (Lipinski definition) is 8. The molecule has 8 nitrogen and oxygen atoms in total. The zero-order valence-corrected chi connectivity index (χ0v) is 37.1. The summed E-state index contributed by atoms with van der Waals surface area (Å²) in [5.41, 5.74) is 50.0. The smallest absolute Gasteiger partial charge is 0.00491 e. The average Bonchev–Trinajstić information content (AvgIpc) is 2.83. The highest BCUT2D eigenvalue weighted by molar-refractivity contribution is 4.96. The first-order chi connectivity index (χ1) is 23.5. The molecule has 4 rings (SSSR count). The van der Waals surface area contributed by atoms with E-state index in [9.17, 15) is 0 Å². The van der Waals surface area contributed by atoms with Crippen LogP contribution in [0.4, 0.5) is 0 Å². The van der Waals surface area contributed by atoms with Crippen LogP contribution in [-0.2, 0) is 0 Å². The average molecular weight is 737 g/mol. The summed E-state index contributed by atoms with van der Waals surface area (Å²) < 4.78 is 0. The monoisotopic (exact) mass is 737 g/mol. The van der Waals surface area contributed by atoms with Crippen LogP contribution in [0.2, 0.25) is 0 Å². The van der Waals surface area contributed by atoms with Crippen LogP contribution < -0.4 is 45.9 Å². The van der Waals surface area contributed by atoms with Crippen LogP contribution in [0, 0.1) is 43.3 Å². The van der Waals surface area contributed by atoms with E-state index in [1.807, 2.05) is 0 Å². The molecule has 312 valence electrons. The van der Waals surface area contributed by atoms with E-state index in [-0.39, 0.29) is 0 Å². The van der Waals surface area contributed by atoms with Crippen LogP contribution >= 0.6 is 0 Å². The minimum atomic E-state index is 0.375. The van der Waals surface area contributed by atoms with Gasteiger partial charge in [0.1, 0.15) is 0 Å². The number of hydrogen-bond acceptors (Lipinski definition) is 8. The molecule has 4 saturated carbocycles. The molecule has 0 spiro atoms. The molecule has 4 fully saturated rings. The van der Waals surface area contributed by atoms with E-state index in [4.69, 9.17) is 45.9 Å². The lowest BCUT2D eigenvalue weighted by atomic mass is 9.61. The molecule has 4 aliphatic carbocycles. The SMILES string of the molecule is CC1(C)CC(N)CC(C)(CCN)C1.CC1(C)CC(N)CC(C)(CCN)C1.CC1(C)CC(N)CC(C)(CCN)C1.CC1(C)CC(N)CC(C)(CCN)C1. The second-order valence-corrected chi connectivity index (χ2v) is 23.4. The fraction of sp³-hybridized carbons (Fsp3) is 1.00. The third kappa shape index (κ3) is 18.5. The Labute approximate surface area is 324 Å². The topological polar surface area (TPSA) is 208 Å². The molecule has 0 bridgehead atoms. The van der Waals surface area contributed by atoms with Crippen molar-refractivity contribution in [1.29, 1.82) is 0 Å². The van der Waals surface area contributed by atoms with E-state index in [1.165, 1.54) is 25.7 Å². The Bertz CT molecular complexity index is 868. The van der Waals surface area contributed by atoms with E-state index < -0.39 is 0 Å². The summed E-state index contributed by atoms with van der Waals surface area (Å²) in [5, 5.41) is 0. The summed E-state index contributed by atoms with van der Waals surface area (Å²) in [7, 11) is 0. The standard InChI is InChI=1S/4C11H24N2/c4*1-10(2)6-9(13)7-11(3,8-10)4-5-12/h4*9H,4-8,12-13H2,1-3H3. The Balaban J connectivity index is 0.000000347. The summed E-state index contributed by atoms with van der Waals surface area (Å²) in [6, 6.07) is 1.50. The van der Waals surface area contributed by atoms with Gasteiger partial charge in [-0.25, -0.2) is 0 Å². The Morgan fingerprint density at radius 2 is 0.462 bits per heavy atom. The molecular weight excluding hydrogens is 641 g/mol. The summed E-state index contributed by atoms with van der Waals surface area (Å²) in [6.07, 6.45) is 18.8. The highest BCUT2D eigenvalue weighted by Crippen LogP contribution is 2.50. The van der Waals surface area contributed by atoms with Gasteiger partial charge >= 0.3 is 0 Å². The van der Waals surface area contributed by atoms with Crippen molar-refractivity contribution in [2.75, 3.05) is 26.2 Å². The Morgan fingerprint density at radius 3 is 0.577 bits per heavy atom. The molecule has 8 unspecified atom stereocenters. The van der Waals surface area contributed by atoms with Gasteiger partial charge in [-0.15, -0.1) is 0 Å². The van der Waals surface area contributed by atoms with Gasteiger partial charge < -0.3 is 45.9 Å². The zero-order valence-electron chi connectivity index (χ0n) is 37.1. The van der Waals surface area contributed by atoms with Gasteiger partial charge in [0.05, 0.1) is 0 Å². The first-order valence-corrected chi connectivity index (χ1v) is 21.3. The van der Waals surface area contributed by atoms with Crippen molar-refractivity contribution >= 4 is 0 Å². The maximum absolute atomic E-state index is 6.08. The van der Waals surface area contributed by atoms with Crippen molar-refractivity contribution in [2.45, 2.75) is 210 Å². The van der Waals surface area contributed by atoms with Crippen LogP contribution in [0.3, 0.4) is 0 Å². The molecule has 0 amide bonds. The van der Waals surface area contributed by atoms with Gasteiger partial charge in [-0.3, -0.25) is 0 Å². The van der Waals surface area contributed by atoms with E-state index in [2.05, 4.69) is 83.1 Å². The molecule has 0 aromatic heterocycles. The summed E-state index contributed by atoms with van der Waals surface area (Å²) in [5.74, 6) is 0. The maximum Gasteiger partial charge on any atom is 0.00491 e. The predicted octanol–water partition coefficient (Wildman–Crippen LogP) is 7.52. The normalized spacial score (nSPS) is 39.0. The van der Waals surface area contributed by atoms with Gasteiger partial charge in [-0.2, -0.15) is 0 Å². The lowest BCUT2D eigenvalue weighted by molar-refractivity contribution is 0.0777. The molecule has 0 saturated heterocycles. The molecule has 52 heavy (non-hydrogen) atoms. The lowest BCUT2D eigenvalue weighted by Gasteiger charge is -2.45. The van der Waals surface area contributed by atoms with Crippen LogP contribution in [-0.4, -0.2) is 50.3 Å². The largest absolute Gasteiger partial charge is 0.330 e. The molecule has 16 N–H and O–H groups in total. The maximum atomic E-state index is 6.08. The van der Waals surface area contributed by atoms with E-state index in [0.29, 0.717) is 67.5 Å². The van der Waals surface area contributed by atoms with Gasteiger partial charge in [0.15, 0.2) is 0 Å². The molecule has 8 atom stereocenters. The van der Waals surface area contributed by atoms with Gasteiger partial charge in [0, 0.05) is 24.2 Å².